The second-order valence-corrected chi connectivity index (χ2v) is 5.31. The Kier molecular flexibility index (Phi) is 4.40. The van der Waals surface area contributed by atoms with Crippen LogP contribution in [0.4, 0.5) is 0 Å². The summed E-state index contributed by atoms with van der Waals surface area (Å²) in [6.45, 7) is 6.10. The van der Waals surface area contributed by atoms with Gasteiger partial charge in [-0.05, 0) is 39.7 Å². The maximum Gasteiger partial charge on any atom is 0.239 e. The number of nitrogens with one attached hydrogen (secondary N) is 1. The van der Waals surface area contributed by atoms with E-state index in [0.29, 0.717) is 11.9 Å². The lowest BCUT2D eigenvalue weighted by Crippen LogP contribution is -2.51. The van der Waals surface area contributed by atoms with Crippen molar-refractivity contribution in [3.05, 3.63) is 0 Å². The number of amides is 1. The molecule has 1 amide bonds. The van der Waals surface area contributed by atoms with E-state index in [4.69, 9.17) is 0 Å². The number of nitrogens with zero attached hydrogens (tertiary/aromatic N) is 2. The van der Waals surface area contributed by atoms with Gasteiger partial charge in [0.1, 0.15) is 0 Å². The Morgan fingerprint density at radius 2 is 1.76 bits per heavy atom. The SMILES string of the molecule is CNC1CCN(C(C)C(=O)N2CCCC2)CC1. The van der Waals surface area contributed by atoms with Crippen LogP contribution in [0.2, 0.25) is 0 Å². The first-order valence-electron chi connectivity index (χ1n) is 6.92. The predicted molar refractivity (Wildman–Crippen MR) is 68.9 cm³/mol. The number of rotatable bonds is 3. The summed E-state index contributed by atoms with van der Waals surface area (Å²) in [5, 5.41) is 3.33. The van der Waals surface area contributed by atoms with Gasteiger partial charge in [-0.1, -0.05) is 0 Å². The van der Waals surface area contributed by atoms with Gasteiger partial charge in [0.05, 0.1) is 6.04 Å². The molecule has 0 aromatic heterocycles. The first kappa shape index (κ1) is 12.8. The molecule has 2 heterocycles. The Hall–Kier alpha value is -0.610. The van der Waals surface area contributed by atoms with Crippen LogP contribution >= 0.6 is 0 Å². The monoisotopic (exact) mass is 239 g/mol. The second-order valence-electron chi connectivity index (χ2n) is 5.31. The van der Waals surface area contributed by atoms with Crippen LogP contribution in [0.5, 0.6) is 0 Å². The Balaban J connectivity index is 1.83. The lowest BCUT2D eigenvalue weighted by Gasteiger charge is -2.36. The molecule has 0 saturated carbocycles. The molecule has 0 aliphatic carbocycles. The molecular formula is C13H25N3O. The van der Waals surface area contributed by atoms with Gasteiger partial charge in [0, 0.05) is 32.2 Å². The zero-order valence-electron chi connectivity index (χ0n) is 11.1. The molecule has 4 nitrogen and oxygen atoms in total. The fourth-order valence-electron chi connectivity index (χ4n) is 2.93. The number of hydrogen-bond donors (Lipinski definition) is 1. The summed E-state index contributed by atoms with van der Waals surface area (Å²) in [6, 6.07) is 0.714. The third-order valence-electron chi connectivity index (χ3n) is 4.26. The quantitative estimate of drug-likeness (QED) is 0.787. The fraction of sp³-hybridized carbons (Fsp3) is 0.923. The van der Waals surface area contributed by atoms with Crippen LogP contribution in [0, 0.1) is 0 Å². The summed E-state index contributed by atoms with van der Waals surface area (Å²) >= 11 is 0. The van der Waals surface area contributed by atoms with Crippen molar-refractivity contribution in [2.24, 2.45) is 0 Å². The van der Waals surface area contributed by atoms with Crippen molar-refractivity contribution in [1.29, 1.82) is 0 Å². The third kappa shape index (κ3) is 2.99. The molecule has 1 N–H and O–H groups in total. The number of likely N-dealkylation sites (tertiary alicyclic amines) is 2. The largest absolute Gasteiger partial charge is 0.341 e. The maximum atomic E-state index is 12.3. The molecule has 0 aromatic rings. The van der Waals surface area contributed by atoms with E-state index >= 15 is 0 Å². The first-order valence-corrected chi connectivity index (χ1v) is 6.92. The van der Waals surface area contributed by atoms with Crippen LogP contribution < -0.4 is 5.32 Å². The highest BCUT2D eigenvalue weighted by Crippen LogP contribution is 2.16. The molecule has 98 valence electrons. The van der Waals surface area contributed by atoms with Gasteiger partial charge in [0.25, 0.3) is 0 Å². The van der Waals surface area contributed by atoms with Gasteiger partial charge in [-0.25, -0.2) is 0 Å². The number of hydrogen-bond acceptors (Lipinski definition) is 3. The van der Waals surface area contributed by atoms with E-state index in [2.05, 4.69) is 17.1 Å². The summed E-state index contributed by atoms with van der Waals surface area (Å²) in [7, 11) is 2.03. The van der Waals surface area contributed by atoms with Crippen molar-refractivity contribution < 1.29 is 4.79 Å². The van der Waals surface area contributed by atoms with Crippen molar-refractivity contribution in [3.8, 4) is 0 Å². The number of carbonyl (C=O) groups excluding carboxylic acids is 1. The highest BCUT2D eigenvalue weighted by Gasteiger charge is 2.29. The molecule has 17 heavy (non-hydrogen) atoms. The van der Waals surface area contributed by atoms with Gasteiger partial charge in [0.2, 0.25) is 5.91 Å². The summed E-state index contributed by atoms with van der Waals surface area (Å²) in [5.41, 5.74) is 0. The first-order chi connectivity index (χ1) is 8.22. The van der Waals surface area contributed by atoms with E-state index < -0.39 is 0 Å². The van der Waals surface area contributed by atoms with E-state index in [1.807, 2.05) is 11.9 Å². The minimum atomic E-state index is 0.0749. The van der Waals surface area contributed by atoms with Gasteiger partial charge in [0.15, 0.2) is 0 Å². The Labute approximate surface area is 104 Å². The third-order valence-corrected chi connectivity index (χ3v) is 4.26. The molecule has 2 fully saturated rings. The summed E-state index contributed by atoms with van der Waals surface area (Å²) in [4.78, 5) is 16.6. The van der Waals surface area contributed by atoms with Gasteiger partial charge in [-0.15, -0.1) is 0 Å². The number of carbonyl (C=O) groups is 1. The number of piperidine rings is 1. The Morgan fingerprint density at radius 1 is 1.18 bits per heavy atom. The van der Waals surface area contributed by atoms with Gasteiger partial charge in [-0.3, -0.25) is 9.69 Å². The highest BCUT2D eigenvalue weighted by molar-refractivity contribution is 5.81. The Morgan fingerprint density at radius 3 is 2.29 bits per heavy atom. The zero-order chi connectivity index (χ0) is 12.3. The van der Waals surface area contributed by atoms with Gasteiger partial charge < -0.3 is 10.2 Å². The predicted octanol–water partition coefficient (Wildman–Crippen LogP) is 0.681. The van der Waals surface area contributed by atoms with Crippen molar-refractivity contribution in [2.75, 3.05) is 33.2 Å². The maximum absolute atomic E-state index is 12.3. The van der Waals surface area contributed by atoms with E-state index in [0.717, 1.165) is 39.0 Å². The lowest BCUT2D eigenvalue weighted by molar-refractivity contribution is -0.135. The summed E-state index contributed by atoms with van der Waals surface area (Å²) in [5.74, 6) is 0.338. The average Bonchev–Trinajstić information content (AvgIpc) is 2.91. The van der Waals surface area contributed by atoms with Gasteiger partial charge in [-0.2, -0.15) is 0 Å². The lowest BCUT2D eigenvalue weighted by atomic mass is 10.0. The van der Waals surface area contributed by atoms with Crippen LogP contribution in [0.1, 0.15) is 32.6 Å². The fourth-order valence-corrected chi connectivity index (χ4v) is 2.93. The van der Waals surface area contributed by atoms with E-state index in [1.165, 1.54) is 12.8 Å². The molecule has 1 atom stereocenters. The minimum Gasteiger partial charge on any atom is -0.341 e. The van der Waals surface area contributed by atoms with Crippen LogP contribution in [0.25, 0.3) is 0 Å². The summed E-state index contributed by atoms with van der Waals surface area (Å²) in [6.07, 6.45) is 4.68. The molecule has 4 heteroatoms. The smallest absolute Gasteiger partial charge is 0.239 e. The highest BCUT2D eigenvalue weighted by atomic mass is 16.2. The normalized spacial score (nSPS) is 25.2. The van der Waals surface area contributed by atoms with Crippen LogP contribution in [-0.4, -0.2) is 61.0 Å². The molecule has 2 rings (SSSR count). The second kappa shape index (κ2) is 5.83. The zero-order valence-corrected chi connectivity index (χ0v) is 11.1. The molecular weight excluding hydrogens is 214 g/mol. The standard InChI is InChI=1S/C13H25N3O/c1-11(13(17)16-7-3-4-8-16)15-9-5-12(14-2)6-10-15/h11-12,14H,3-10H2,1-2H3. The van der Waals surface area contributed by atoms with E-state index in [-0.39, 0.29) is 6.04 Å². The Bertz CT molecular complexity index is 255. The van der Waals surface area contributed by atoms with Crippen LogP contribution in [0.3, 0.4) is 0 Å². The molecule has 2 saturated heterocycles. The summed E-state index contributed by atoms with van der Waals surface area (Å²) < 4.78 is 0. The average molecular weight is 239 g/mol. The minimum absolute atomic E-state index is 0.0749. The molecule has 0 spiro atoms. The molecule has 2 aliphatic rings. The van der Waals surface area contributed by atoms with E-state index in [1.54, 1.807) is 0 Å². The van der Waals surface area contributed by atoms with E-state index in [9.17, 15) is 4.79 Å². The topological polar surface area (TPSA) is 35.6 Å². The van der Waals surface area contributed by atoms with Crippen molar-refractivity contribution >= 4 is 5.91 Å². The van der Waals surface area contributed by atoms with Crippen LogP contribution in [-0.2, 0) is 4.79 Å². The van der Waals surface area contributed by atoms with Crippen molar-refractivity contribution in [1.82, 2.24) is 15.1 Å². The van der Waals surface area contributed by atoms with Crippen molar-refractivity contribution in [2.45, 2.75) is 44.7 Å². The molecule has 2 aliphatic heterocycles. The molecule has 1 unspecified atom stereocenters. The molecule has 0 bridgehead atoms. The van der Waals surface area contributed by atoms with Crippen LogP contribution in [0.15, 0.2) is 0 Å². The van der Waals surface area contributed by atoms with Crippen molar-refractivity contribution in [3.63, 3.8) is 0 Å². The molecule has 0 aromatic carbocycles. The molecule has 0 radical (unpaired) electrons. The van der Waals surface area contributed by atoms with Gasteiger partial charge >= 0.3 is 0 Å².